The third-order valence-corrected chi connectivity index (χ3v) is 2.54. The first-order chi connectivity index (χ1) is 8.66. The molecular formula is C12H11ClN4O. The molecule has 0 radical (unpaired) electrons. The standard InChI is InChI=1S/C12H11ClN4O/c1-17-6-4-9(8-17)7-15-16-12(18)10-3-2-5-14-11(10)13/h2-8H,1H3,(H,16,18)/b15-7-. The van der Waals surface area contributed by atoms with Crippen LogP contribution in [0.15, 0.2) is 41.9 Å². The van der Waals surface area contributed by atoms with Gasteiger partial charge in [-0.3, -0.25) is 4.79 Å². The number of pyridine rings is 1. The number of hydrazone groups is 1. The fourth-order valence-corrected chi connectivity index (χ4v) is 1.59. The van der Waals surface area contributed by atoms with Crippen molar-refractivity contribution in [3.05, 3.63) is 53.1 Å². The first-order valence-corrected chi connectivity index (χ1v) is 5.60. The summed E-state index contributed by atoms with van der Waals surface area (Å²) >= 11 is 5.79. The maximum absolute atomic E-state index is 11.7. The highest BCUT2D eigenvalue weighted by Crippen LogP contribution is 2.10. The van der Waals surface area contributed by atoms with Crippen LogP contribution in [0.3, 0.4) is 0 Å². The van der Waals surface area contributed by atoms with Crippen LogP contribution in [0, 0.1) is 0 Å². The van der Waals surface area contributed by atoms with Crippen LogP contribution in [0.2, 0.25) is 5.15 Å². The van der Waals surface area contributed by atoms with Crippen LogP contribution in [0.25, 0.3) is 0 Å². The summed E-state index contributed by atoms with van der Waals surface area (Å²) < 4.78 is 1.89. The second-order valence-corrected chi connectivity index (χ2v) is 4.01. The summed E-state index contributed by atoms with van der Waals surface area (Å²) in [5.41, 5.74) is 3.59. The molecule has 2 aromatic heterocycles. The van der Waals surface area contributed by atoms with E-state index in [-0.39, 0.29) is 11.1 Å². The van der Waals surface area contributed by atoms with Crippen molar-refractivity contribution in [1.82, 2.24) is 15.0 Å². The van der Waals surface area contributed by atoms with E-state index in [2.05, 4.69) is 15.5 Å². The van der Waals surface area contributed by atoms with Gasteiger partial charge in [-0.05, 0) is 18.2 Å². The van der Waals surface area contributed by atoms with Crippen LogP contribution in [0.4, 0.5) is 0 Å². The number of carbonyl (C=O) groups excluding carboxylic acids is 1. The quantitative estimate of drug-likeness (QED) is 0.521. The molecule has 0 fully saturated rings. The maximum Gasteiger partial charge on any atom is 0.274 e. The van der Waals surface area contributed by atoms with Gasteiger partial charge in [-0.1, -0.05) is 11.6 Å². The van der Waals surface area contributed by atoms with Crippen molar-refractivity contribution in [2.24, 2.45) is 12.1 Å². The van der Waals surface area contributed by atoms with Gasteiger partial charge in [0.25, 0.3) is 5.91 Å². The molecule has 18 heavy (non-hydrogen) atoms. The largest absolute Gasteiger partial charge is 0.357 e. The minimum absolute atomic E-state index is 0.157. The Hall–Kier alpha value is -2.14. The number of aromatic nitrogens is 2. The molecule has 0 atom stereocenters. The average Bonchev–Trinajstić information content (AvgIpc) is 2.75. The van der Waals surface area contributed by atoms with Gasteiger partial charge in [0.2, 0.25) is 0 Å². The molecule has 0 aliphatic carbocycles. The Morgan fingerprint density at radius 2 is 2.39 bits per heavy atom. The van der Waals surface area contributed by atoms with E-state index in [1.165, 1.54) is 6.20 Å². The van der Waals surface area contributed by atoms with Gasteiger partial charge >= 0.3 is 0 Å². The molecule has 0 saturated carbocycles. The molecule has 1 N–H and O–H groups in total. The van der Waals surface area contributed by atoms with Crippen molar-refractivity contribution in [2.45, 2.75) is 0 Å². The number of nitrogens with zero attached hydrogens (tertiary/aromatic N) is 3. The second kappa shape index (κ2) is 5.46. The summed E-state index contributed by atoms with van der Waals surface area (Å²) in [6.45, 7) is 0. The minimum atomic E-state index is -0.389. The van der Waals surface area contributed by atoms with Gasteiger partial charge < -0.3 is 4.57 Å². The summed E-state index contributed by atoms with van der Waals surface area (Å²) in [7, 11) is 1.91. The van der Waals surface area contributed by atoms with E-state index in [1.54, 1.807) is 18.3 Å². The Morgan fingerprint density at radius 3 is 3.06 bits per heavy atom. The molecule has 0 saturated heterocycles. The molecule has 6 heteroatoms. The van der Waals surface area contributed by atoms with Crippen molar-refractivity contribution in [2.75, 3.05) is 0 Å². The van der Waals surface area contributed by atoms with E-state index >= 15 is 0 Å². The average molecular weight is 263 g/mol. The highest BCUT2D eigenvalue weighted by Gasteiger charge is 2.08. The van der Waals surface area contributed by atoms with E-state index in [9.17, 15) is 4.79 Å². The number of amides is 1. The van der Waals surface area contributed by atoms with Crippen molar-refractivity contribution < 1.29 is 4.79 Å². The molecule has 0 aliphatic heterocycles. The normalized spacial score (nSPS) is 10.8. The summed E-state index contributed by atoms with van der Waals surface area (Å²) in [6.07, 6.45) is 6.85. The number of aryl methyl sites for hydroxylation is 1. The van der Waals surface area contributed by atoms with Crippen LogP contribution in [-0.4, -0.2) is 21.7 Å². The zero-order chi connectivity index (χ0) is 13.0. The smallest absolute Gasteiger partial charge is 0.274 e. The van der Waals surface area contributed by atoms with Gasteiger partial charge in [0.05, 0.1) is 11.8 Å². The van der Waals surface area contributed by atoms with Gasteiger partial charge in [-0.25, -0.2) is 10.4 Å². The lowest BCUT2D eigenvalue weighted by molar-refractivity contribution is 0.0955. The molecule has 0 unspecified atom stereocenters. The third-order valence-electron chi connectivity index (χ3n) is 2.24. The topological polar surface area (TPSA) is 59.3 Å². The summed E-state index contributed by atoms with van der Waals surface area (Å²) in [6, 6.07) is 5.11. The molecule has 2 aromatic rings. The van der Waals surface area contributed by atoms with Gasteiger partial charge in [-0.15, -0.1) is 0 Å². The van der Waals surface area contributed by atoms with Gasteiger partial charge in [-0.2, -0.15) is 5.10 Å². The molecular weight excluding hydrogens is 252 g/mol. The molecule has 2 rings (SSSR count). The van der Waals surface area contributed by atoms with E-state index < -0.39 is 0 Å². The maximum atomic E-state index is 11.7. The van der Waals surface area contributed by atoms with Gasteiger partial charge in [0, 0.05) is 31.2 Å². The predicted octanol–water partition coefficient (Wildman–Crippen LogP) is 1.84. The molecule has 0 aliphatic rings. The Morgan fingerprint density at radius 1 is 1.56 bits per heavy atom. The lowest BCUT2D eigenvalue weighted by Crippen LogP contribution is -2.18. The van der Waals surface area contributed by atoms with Crippen LogP contribution < -0.4 is 5.43 Å². The summed E-state index contributed by atoms with van der Waals surface area (Å²) in [5.74, 6) is -0.389. The number of carbonyl (C=O) groups is 1. The summed E-state index contributed by atoms with van der Waals surface area (Å²) in [4.78, 5) is 15.5. The molecule has 0 spiro atoms. The molecule has 5 nitrogen and oxygen atoms in total. The number of hydrogen-bond donors (Lipinski definition) is 1. The third kappa shape index (κ3) is 2.95. The molecule has 0 bridgehead atoms. The zero-order valence-corrected chi connectivity index (χ0v) is 10.4. The monoisotopic (exact) mass is 262 g/mol. The first kappa shape index (κ1) is 12.3. The lowest BCUT2D eigenvalue weighted by atomic mass is 10.3. The minimum Gasteiger partial charge on any atom is -0.357 e. The Bertz CT molecular complexity index is 591. The summed E-state index contributed by atoms with van der Waals surface area (Å²) in [5, 5.41) is 4.01. The number of hydrogen-bond acceptors (Lipinski definition) is 3. The van der Waals surface area contributed by atoms with Crippen molar-refractivity contribution >= 4 is 23.7 Å². The highest BCUT2D eigenvalue weighted by atomic mass is 35.5. The number of nitrogens with one attached hydrogen (secondary N) is 1. The van der Waals surface area contributed by atoms with Crippen LogP contribution in [0.5, 0.6) is 0 Å². The fourth-order valence-electron chi connectivity index (χ4n) is 1.38. The second-order valence-electron chi connectivity index (χ2n) is 3.65. The molecule has 0 aromatic carbocycles. The predicted molar refractivity (Wildman–Crippen MR) is 69.7 cm³/mol. The molecule has 1 amide bonds. The fraction of sp³-hybridized carbons (Fsp3) is 0.0833. The van der Waals surface area contributed by atoms with E-state index in [4.69, 9.17) is 11.6 Å². The van der Waals surface area contributed by atoms with Crippen molar-refractivity contribution in [3.8, 4) is 0 Å². The highest BCUT2D eigenvalue weighted by molar-refractivity contribution is 6.32. The molecule has 2 heterocycles. The first-order valence-electron chi connectivity index (χ1n) is 5.23. The molecule has 92 valence electrons. The van der Waals surface area contributed by atoms with Crippen molar-refractivity contribution in [3.63, 3.8) is 0 Å². The van der Waals surface area contributed by atoms with Crippen LogP contribution in [0.1, 0.15) is 15.9 Å². The zero-order valence-electron chi connectivity index (χ0n) is 9.67. The number of halogens is 1. The van der Waals surface area contributed by atoms with Gasteiger partial charge in [0.15, 0.2) is 0 Å². The van der Waals surface area contributed by atoms with E-state index in [1.807, 2.05) is 30.1 Å². The Balaban J connectivity index is 2.01. The number of rotatable bonds is 3. The SMILES string of the molecule is Cn1ccc(/C=N\NC(=O)c2cccnc2Cl)c1. The Labute approximate surface area is 109 Å². The van der Waals surface area contributed by atoms with Gasteiger partial charge in [0.1, 0.15) is 5.15 Å². The lowest BCUT2D eigenvalue weighted by Gasteiger charge is -2.00. The Kier molecular flexibility index (Phi) is 3.74. The van der Waals surface area contributed by atoms with Crippen LogP contribution in [-0.2, 0) is 7.05 Å². The van der Waals surface area contributed by atoms with Crippen molar-refractivity contribution in [1.29, 1.82) is 0 Å². The van der Waals surface area contributed by atoms with E-state index in [0.29, 0.717) is 5.56 Å². The van der Waals surface area contributed by atoms with Crippen LogP contribution >= 0.6 is 11.6 Å². The van der Waals surface area contributed by atoms with E-state index in [0.717, 1.165) is 5.56 Å².